The quantitative estimate of drug-likeness (QED) is 0.221. The third-order valence-electron chi connectivity index (χ3n) is 7.40. The fourth-order valence-electron chi connectivity index (χ4n) is 5.34. The van der Waals surface area contributed by atoms with E-state index in [2.05, 4.69) is 13.8 Å². The van der Waals surface area contributed by atoms with E-state index in [9.17, 15) is 14.3 Å². The molecule has 0 aromatic heterocycles. The van der Waals surface area contributed by atoms with Crippen LogP contribution in [0.3, 0.4) is 0 Å². The summed E-state index contributed by atoms with van der Waals surface area (Å²) in [5.41, 5.74) is 3.07. The number of rotatable bonds is 14. The van der Waals surface area contributed by atoms with E-state index in [4.69, 9.17) is 14.2 Å². The fourth-order valence-corrected chi connectivity index (χ4v) is 5.34. The first-order chi connectivity index (χ1) is 19.1. The number of halogens is 2. The van der Waals surface area contributed by atoms with Crippen LogP contribution in [-0.2, 0) is 22.6 Å². The molecule has 1 saturated carbocycles. The van der Waals surface area contributed by atoms with Crippen LogP contribution in [0, 0.1) is 23.0 Å². The molecule has 0 spiro atoms. The van der Waals surface area contributed by atoms with Crippen LogP contribution >= 0.6 is 0 Å². The minimum atomic E-state index is -0.937. The lowest BCUT2D eigenvalue weighted by atomic mass is 9.83. The van der Waals surface area contributed by atoms with Crippen LogP contribution in [0.25, 0.3) is 11.1 Å². The summed E-state index contributed by atoms with van der Waals surface area (Å²) in [6.07, 6.45) is 3.29. The van der Waals surface area contributed by atoms with E-state index in [1.807, 2.05) is 18.2 Å². The van der Waals surface area contributed by atoms with Crippen LogP contribution in [0.1, 0.15) is 62.1 Å². The second kappa shape index (κ2) is 12.8. The van der Waals surface area contributed by atoms with Gasteiger partial charge in [-0.15, -0.1) is 0 Å². The molecule has 0 radical (unpaired) electrons. The number of hydrogen-bond donors (Lipinski definition) is 1. The predicted molar refractivity (Wildman–Crippen MR) is 151 cm³/mol. The molecule has 1 aliphatic rings. The number of hydrogen-bond acceptors (Lipinski definition) is 4. The van der Waals surface area contributed by atoms with Crippen LogP contribution < -0.4 is 9.47 Å². The van der Waals surface area contributed by atoms with Crippen molar-refractivity contribution >= 4 is 5.97 Å². The number of ether oxygens (including phenoxy) is 3. The smallest absolute Gasteiger partial charge is 0.303 e. The predicted octanol–water partition coefficient (Wildman–Crippen LogP) is 7.79. The van der Waals surface area contributed by atoms with E-state index in [1.165, 1.54) is 6.07 Å². The summed E-state index contributed by atoms with van der Waals surface area (Å²) in [4.78, 5) is 11.5. The summed E-state index contributed by atoms with van der Waals surface area (Å²) >= 11 is 0. The molecule has 40 heavy (non-hydrogen) atoms. The number of methoxy groups -OCH3 is 2. The van der Waals surface area contributed by atoms with Crippen molar-refractivity contribution in [3.05, 3.63) is 82.9 Å². The Bertz CT molecular complexity index is 1330. The van der Waals surface area contributed by atoms with Gasteiger partial charge in [-0.25, -0.2) is 8.78 Å². The van der Waals surface area contributed by atoms with Crippen molar-refractivity contribution in [3.8, 4) is 22.6 Å². The van der Waals surface area contributed by atoms with Gasteiger partial charge in [0.2, 0.25) is 0 Å². The van der Waals surface area contributed by atoms with Crippen molar-refractivity contribution in [3.63, 3.8) is 0 Å². The average molecular weight is 553 g/mol. The second-order valence-electron chi connectivity index (χ2n) is 11.5. The Morgan fingerprint density at radius 2 is 1.82 bits per heavy atom. The molecule has 1 N–H and O–H groups in total. The first-order valence-electron chi connectivity index (χ1n) is 13.7. The zero-order valence-corrected chi connectivity index (χ0v) is 23.6. The minimum Gasteiger partial charge on any atom is -0.497 e. The topological polar surface area (TPSA) is 65.0 Å². The van der Waals surface area contributed by atoms with Gasteiger partial charge in [0.05, 0.1) is 20.1 Å². The monoisotopic (exact) mass is 552 g/mol. The minimum absolute atomic E-state index is 0.0906. The van der Waals surface area contributed by atoms with E-state index in [1.54, 1.807) is 44.6 Å². The molecule has 0 unspecified atom stereocenters. The van der Waals surface area contributed by atoms with Crippen molar-refractivity contribution in [2.75, 3.05) is 20.8 Å². The summed E-state index contributed by atoms with van der Waals surface area (Å²) in [6, 6.07) is 15.3. The van der Waals surface area contributed by atoms with Gasteiger partial charge in [-0.2, -0.15) is 0 Å². The molecule has 5 nitrogen and oxygen atoms in total. The van der Waals surface area contributed by atoms with Gasteiger partial charge in [-0.1, -0.05) is 57.0 Å². The fraction of sp³-hybridized carbons (Fsp3) is 0.424. The molecule has 0 amide bonds. The van der Waals surface area contributed by atoms with Gasteiger partial charge >= 0.3 is 5.97 Å². The number of carboxylic acids is 1. The second-order valence-corrected chi connectivity index (χ2v) is 11.5. The summed E-state index contributed by atoms with van der Waals surface area (Å²) in [5, 5.41) is 9.39. The Balaban J connectivity index is 1.62. The van der Waals surface area contributed by atoms with Gasteiger partial charge in [0, 0.05) is 12.7 Å². The molecule has 0 bridgehead atoms. The molecule has 1 fully saturated rings. The molecule has 214 valence electrons. The summed E-state index contributed by atoms with van der Waals surface area (Å²) < 4.78 is 47.2. The van der Waals surface area contributed by atoms with Crippen LogP contribution in [0.5, 0.6) is 11.5 Å². The molecule has 3 aromatic rings. The molecule has 3 aromatic carbocycles. The Kier molecular flexibility index (Phi) is 9.46. The lowest BCUT2D eigenvalue weighted by molar-refractivity contribution is -0.137. The van der Waals surface area contributed by atoms with Gasteiger partial charge in [-0.3, -0.25) is 4.79 Å². The highest BCUT2D eigenvalue weighted by Crippen LogP contribution is 2.42. The number of benzene rings is 3. The maximum atomic E-state index is 15.5. The molecule has 7 heteroatoms. The molecular formula is C33H38F2O5. The molecule has 0 heterocycles. The standard InChI is InChI=1S/C33H38F2O5/c1-33(2,20-38-3)18-24-15-22(10-12-26(24)28-17-25(39-4)11-13-29(28)34)19-40-30-7-5-6-27(32(30)35)23(16-31(36)37)14-21-8-9-21/h5-7,10-13,15,17,21,23H,8-9,14,16,18-20H2,1-4H3,(H,36,37)/t23-/m1/s1. The molecular weight excluding hydrogens is 514 g/mol. The number of carboxylic acid groups (broad SMARTS) is 1. The highest BCUT2D eigenvalue weighted by atomic mass is 19.1. The zero-order chi connectivity index (χ0) is 28.9. The Morgan fingerprint density at radius 3 is 2.50 bits per heavy atom. The summed E-state index contributed by atoms with van der Waals surface area (Å²) in [5.74, 6) is -1.07. The molecule has 1 aliphatic carbocycles. The summed E-state index contributed by atoms with van der Waals surface area (Å²) in [6.45, 7) is 4.79. The maximum absolute atomic E-state index is 15.5. The molecule has 1 atom stereocenters. The average Bonchev–Trinajstić information content (AvgIpc) is 3.72. The van der Waals surface area contributed by atoms with E-state index in [-0.39, 0.29) is 35.9 Å². The lowest BCUT2D eigenvalue weighted by Crippen LogP contribution is -2.22. The van der Waals surface area contributed by atoms with Crippen LogP contribution in [0.15, 0.2) is 54.6 Å². The van der Waals surface area contributed by atoms with Crippen LogP contribution in [-0.4, -0.2) is 31.9 Å². The van der Waals surface area contributed by atoms with Gasteiger partial charge in [0.1, 0.15) is 18.2 Å². The highest BCUT2D eigenvalue weighted by molar-refractivity contribution is 5.70. The van der Waals surface area contributed by atoms with Gasteiger partial charge < -0.3 is 19.3 Å². The third kappa shape index (κ3) is 7.60. The first kappa shape index (κ1) is 29.5. The van der Waals surface area contributed by atoms with E-state index in [0.29, 0.717) is 42.2 Å². The van der Waals surface area contributed by atoms with Crippen molar-refractivity contribution in [1.29, 1.82) is 0 Å². The largest absolute Gasteiger partial charge is 0.497 e. The van der Waals surface area contributed by atoms with Crippen molar-refractivity contribution in [2.24, 2.45) is 11.3 Å². The van der Waals surface area contributed by atoms with Crippen LogP contribution in [0.2, 0.25) is 0 Å². The Morgan fingerprint density at radius 1 is 1.05 bits per heavy atom. The third-order valence-corrected chi connectivity index (χ3v) is 7.40. The first-order valence-corrected chi connectivity index (χ1v) is 13.7. The van der Waals surface area contributed by atoms with Crippen molar-refractivity contribution < 1.29 is 32.9 Å². The van der Waals surface area contributed by atoms with Crippen LogP contribution in [0.4, 0.5) is 8.78 Å². The maximum Gasteiger partial charge on any atom is 0.303 e. The molecule has 0 saturated heterocycles. The molecule has 4 rings (SSSR count). The van der Waals surface area contributed by atoms with Crippen molar-refractivity contribution in [1.82, 2.24) is 0 Å². The number of carbonyl (C=O) groups is 1. The van der Waals surface area contributed by atoms with E-state index < -0.39 is 11.8 Å². The van der Waals surface area contributed by atoms with Gasteiger partial charge in [0.15, 0.2) is 11.6 Å². The summed E-state index contributed by atoms with van der Waals surface area (Å²) in [7, 11) is 3.20. The van der Waals surface area contributed by atoms with E-state index >= 15 is 4.39 Å². The van der Waals surface area contributed by atoms with Crippen molar-refractivity contribution in [2.45, 2.75) is 58.5 Å². The SMILES string of the molecule is COCC(C)(C)Cc1cc(COc2cccc([C@@H](CC(=O)O)CC3CC3)c2F)ccc1-c1cc(OC)ccc1F. The van der Waals surface area contributed by atoms with Gasteiger partial charge in [0.25, 0.3) is 0 Å². The van der Waals surface area contributed by atoms with Gasteiger partial charge in [-0.05, 0) is 76.6 Å². The molecule has 0 aliphatic heterocycles. The Hall–Kier alpha value is -3.45. The van der Waals surface area contributed by atoms with E-state index in [0.717, 1.165) is 29.5 Å². The number of aliphatic carboxylic acids is 1. The lowest BCUT2D eigenvalue weighted by Gasteiger charge is -2.26. The zero-order valence-electron chi connectivity index (χ0n) is 23.6. The Labute approximate surface area is 235 Å². The normalized spacial score (nSPS) is 14.2. The highest BCUT2D eigenvalue weighted by Gasteiger charge is 2.30.